The molecule has 0 aliphatic heterocycles. The molecule has 16 heavy (non-hydrogen) atoms. The van der Waals surface area contributed by atoms with Gasteiger partial charge in [0.25, 0.3) is 0 Å². The second kappa shape index (κ2) is 5.58. The van der Waals surface area contributed by atoms with Crippen molar-refractivity contribution in [3.8, 4) is 0 Å². The Hall–Kier alpha value is -0.700. The summed E-state index contributed by atoms with van der Waals surface area (Å²) in [6, 6.07) is 11.3. The predicted molar refractivity (Wildman–Crippen MR) is 70.3 cm³/mol. The largest absolute Gasteiger partial charge is 0.260 e. The van der Waals surface area contributed by atoms with Crippen molar-refractivity contribution in [1.29, 1.82) is 0 Å². The van der Waals surface area contributed by atoms with Gasteiger partial charge >= 0.3 is 0 Å². The van der Waals surface area contributed by atoms with E-state index in [1.807, 2.05) is 30.3 Å². The second-order valence-electron chi connectivity index (χ2n) is 3.18. The average molecular weight is 270 g/mol. The molecule has 0 bridgehead atoms. The fraction of sp³-hybridized carbons (Fsp3) is 0.0833. The third kappa shape index (κ3) is 3.14. The molecule has 1 aromatic heterocycles. The molecule has 0 radical (unpaired) electrons. The molecule has 0 unspecified atom stereocenters. The molecule has 0 N–H and O–H groups in total. The highest BCUT2D eigenvalue weighted by molar-refractivity contribution is 7.98. The molecular weight excluding hydrogens is 261 g/mol. The van der Waals surface area contributed by atoms with E-state index in [4.69, 9.17) is 23.2 Å². The molecule has 0 aliphatic rings. The predicted octanol–water partition coefficient (Wildman–Crippen LogP) is 4.68. The minimum atomic E-state index is 0.702. The molecule has 2 rings (SSSR count). The van der Waals surface area contributed by atoms with Crippen molar-refractivity contribution in [3.05, 3.63) is 58.3 Å². The Labute approximate surface area is 109 Å². The fourth-order valence-electron chi connectivity index (χ4n) is 1.22. The normalized spacial score (nSPS) is 10.4. The molecule has 0 saturated heterocycles. The van der Waals surface area contributed by atoms with E-state index in [2.05, 4.69) is 4.98 Å². The maximum Gasteiger partial charge on any atom is 0.0543 e. The van der Waals surface area contributed by atoms with Gasteiger partial charge in [-0.05, 0) is 30.3 Å². The van der Waals surface area contributed by atoms with E-state index < -0.39 is 0 Å². The molecule has 0 amide bonds. The Morgan fingerprint density at radius 2 is 2.00 bits per heavy atom. The lowest BCUT2D eigenvalue weighted by Crippen LogP contribution is -1.84. The van der Waals surface area contributed by atoms with Gasteiger partial charge in [0.15, 0.2) is 0 Å². The van der Waals surface area contributed by atoms with Crippen LogP contribution in [-0.2, 0) is 5.75 Å². The molecule has 0 spiro atoms. The summed E-state index contributed by atoms with van der Waals surface area (Å²) in [6.45, 7) is 0. The summed E-state index contributed by atoms with van der Waals surface area (Å²) >= 11 is 13.6. The third-order valence-electron chi connectivity index (χ3n) is 1.99. The molecule has 1 aromatic carbocycles. The summed E-state index contributed by atoms with van der Waals surface area (Å²) in [6.07, 6.45) is 1.79. The zero-order valence-electron chi connectivity index (χ0n) is 8.36. The number of pyridine rings is 1. The molecule has 1 heterocycles. The van der Waals surface area contributed by atoms with Crippen LogP contribution in [0.4, 0.5) is 0 Å². The van der Waals surface area contributed by atoms with Crippen LogP contribution in [0.3, 0.4) is 0 Å². The highest BCUT2D eigenvalue weighted by atomic mass is 35.5. The first-order valence-electron chi connectivity index (χ1n) is 4.73. The number of nitrogens with zero attached hydrogens (tertiary/aromatic N) is 1. The first-order chi connectivity index (χ1) is 7.75. The Morgan fingerprint density at radius 3 is 2.75 bits per heavy atom. The first-order valence-corrected chi connectivity index (χ1v) is 6.47. The molecule has 0 fully saturated rings. The minimum Gasteiger partial charge on any atom is -0.260 e. The lowest BCUT2D eigenvalue weighted by atomic mass is 10.4. The van der Waals surface area contributed by atoms with Gasteiger partial charge < -0.3 is 0 Å². The maximum absolute atomic E-state index is 6.06. The van der Waals surface area contributed by atoms with Gasteiger partial charge in [0.1, 0.15) is 0 Å². The van der Waals surface area contributed by atoms with E-state index in [9.17, 15) is 0 Å². The number of thioether (sulfide) groups is 1. The van der Waals surface area contributed by atoms with Crippen molar-refractivity contribution >= 4 is 35.0 Å². The lowest BCUT2D eigenvalue weighted by molar-refractivity contribution is 1.17. The standard InChI is InChI=1S/C12H9Cl2NS/c13-9-4-5-11(14)12(7-9)16-8-10-3-1-2-6-15-10/h1-7H,8H2. The number of rotatable bonds is 3. The van der Waals surface area contributed by atoms with Gasteiger partial charge in [0, 0.05) is 21.9 Å². The summed E-state index contributed by atoms with van der Waals surface area (Å²) in [4.78, 5) is 5.23. The maximum atomic E-state index is 6.06. The average Bonchev–Trinajstić information content (AvgIpc) is 2.32. The molecule has 1 nitrogen and oxygen atoms in total. The smallest absolute Gasteiger partial charge is 0.0543 e. The van der Waals surface area contributed by atoms with Crippen LogP contribution >= 0.6 is 35.0 Å². The first kappa shape index (κ1) is 11.8. The number of hydrogen-bond donors (Lipinski definition) is 0. The van der Waals surface area contributed by atoms with Crippen molar-refractivity contribution < 1.29 is 0 Å². The van der Waals surface area contributed by atoms with Gasteiger partial charge in [-0.3, -0.25) is 4.98 Å². The Morgan fingerprint density at radius 1 is 1.12 bits per heavy atom. The summed E-state index contributed by atoms with van der Waals surface area (Å²) in [7, 11) is 0. The zero-order valence-corrected chi connectivity index (χ0v) is 10.7. The third-order valence-corrected chi connectivity index (χ3v) is 3.76. The van der Waals surface area contributed by atoms with Crippen molar-refractivity contribution in [2.75, 3.05) is 0 Å². The van der Waals surface area contributed by atoms with Gasteiger partial charge in [-0.25, -0.2) is 0 Å². The SMILES string of the molecule is Clc1ccc(Cl)c(SCc2ccccn2)c1. The molecule has 82 valence electrons. The monoisotopic (exact) mass is 269 g/mol. The van der Waals surface area contributed by atoms with Crippen molar-refractivity contribution in [2.45, 2.75) is 10.6 Å². The summed E-state index contributed by atoms with van der Waals surface area (Å²) in [5.41, 5.74) is 1.03. The molecular formula is C12H9Cl2NS. The Balaban J connectivity index is 2.08. The van der Waals surface area contributed by atoms with Crippen LogP contribution in [0, 0.1) is 0 Å². The minimum absolute atomic E-state index is 0.702. The number of halogens is 2. The summed E-state index contributed by atoms with van der Waals surface area (Å²) in [5, 5.41) is 1.43. The Bertz CT molecular complexity index is 474. The second-order valence-corrected chi connectivity index (χ2v) is 5.05. The number of benzene rings is 1. The zero-order chi connectivity index (χ0) is 11.4. The van der Waals surface area contributed by atoms with Crippen molar-refractivity contribution in [1.82, 2.24) is 4.98 Å². The van der Waals surface area contributed by atoms with E-state index in [-0.39, 0.29) is 0 Å². The van der Waals surface area contributed by atoms with Gasteiger partial charge in [0.2, 0.25) is 0 Å². The molecule has 0 saturated carbocycles. The van der Waals surface area contributed by atoms with Crippen LogP contribution in [0.1, 0.15) is 5.69 Å². The van der Waals surface area contributed by atoms with Crippen LogP contribution in [0.25, 0.3) is 0 Å². The van der Waals surface area contributed by atoms with Crippen LogP contribution in [0.2, 0.25) is 10.0 Å². The van der Waals surface area contributed by atoms with Crippen LogP contribution in [-0.4, -0.2) is 4.98 Å². The van der Waals surface area contributed by atoms with Gasteiger partial charge in [-0.2, -0.15) is 0 Å². The quantitative estimate of drug-likeness (QED) is 0.751. The van der Waals surface area contributed by atoms with Crippen LogP contribution in [0.15, 0.2) is 47.5 Å². The van der Waals surface area contributed by atoms with Crippen LogP contribution in [0.5, 0.6) is 0 Å². The fourth-order valence-corrected chi connectivity index (χ4v) is 2.63. The van der Waals surface area contributed by atoms with E-state index in [0.717, 1.165) is 21.4 Å². The van der Waals surface area contributed by atoms with Crippen LogP contribution < -0.4 is 0 Å². The van der Waals surface area contributed by atoms with Gasteiger partial charge in [-0.1, -0.05) is 29.3 Å². The van der Waals surface area contributed by atoms with E-state index >= 15 is 0 Å². The topological polar surface area (TPSA) is 12.9 Å². The lowest BCUT2D eigenvalue weighted by Gasteiger charge is -2.04. The van der Waals surface area contributed by atoms with E-state index in [1.165, 1.54) is 0 Å². The van der Waals surface area contributed by atoms with Gasteiger partial charge in [0.05, 0.1) is 10.7 Å². The number of aromatic nitrogens is 1. The molecule has 4 heteroatoms. The van der Waals surface area contributed by atoms with Crippen molar-refractivity contribution in [2.24, 2.45) is 0 Å². The summed E-state index contributed by atoms with van der Waals surface area (Å²) < 4.78 is 0. The van der Waals surface area contributed by atoms with Gasteiger partial charge in [-0.15, -0.1) is 11.8 Å². The number of hydrogen-bond acceptors (Lipinski definition) is 2. The Kier molecular flexibility index (Phi) is 4.10. The highest BCUT2D eigenvalue weighted by Gasteiger charge is 2.03. The van der Waals surface area contributed by atoms with Crippen molar-refractivity contribution in [3.63, 3.8) is 0 Å². The molecule has 0 aliphatic carbocycles. The van der Waals surface area contributed by atoms with E-state index in [1.54, 1.807) is 24.0 Å². The summed E-state index contributed by atoms with van der Waals surface area (Å²) in [5.74, 6) is 0.793. The molecule has 0 atom stereocenters. The highest BCUT2D eigenvalue weighted by Crippen LogP contribution is 2.31. The molecule has 2 aromatic rings. The van der Waals surface area contributed by atoms with E-state index in [0.29, 0.717) is 5.02 Å².